The summed E-state index contributed by atoms with van der Waals surface area (Å²) in [5.41, 5.74) is -0.0223. The van der Waals surface area contributed by atoms with Gasteiger partial charge in [-0.3, -0.25) is 9.89 Å². The summed E-state index contributed by atoms with van der Waals surface area (Å²) in [4.78, 5) is 23.8. The van der Waals surface area contributed by atoms with Gasteiger partial charge in [0.05, 0.1) is 0 Å². The Hall–Kier alpha value is -1.85. The van der Waals surface area contributed by atoms with Crippen LogP contribution in [0.25, 0.3) is 0 Å². The van der Waals surface area contributed by atoms with Gasteiger partial charge in [0.25, 0.3) is 5.91 Å². The summed E-state index contributed by atoms with van der Waals surface area (Å²) in [6.07, 6.45) is 5.42. The van der Waals surface area contributed by atoms with Crippen molar-refractivity contribution in [3.8, 4) is 0 Å². The van der Waals surface area contributed by atoms with E-state index < -0.39 is 17.4 Å². The fraction of sp³-hybridized carbons (Fsp3) is 0.643. The van der Waals surface area contributed by atoms with Crippen LogP contribution in [0.2, 0.25) is 0 Å². The lowest BCUT2D eigenvalue weighted by Gasteiger charge is -2.28. The van der Waals surface area contributed by atoms with Crippen molar-refractivity contribution < 1.29 is 14.7 Å². The van der Waals surface area contributed by atoms with Crippen molar-refractivity contribution in [2.45, 2.75) is 57.4 Å². The van der Waals surface area contributed by atoms with Gasteiger partial charge in [-0.05, 0) is 25.3 Å². The third-order valence-electron chi connectivity index (χ3n) is 3.96. The van der Waals surface area contributed by atoms with Gasteiger partial charge in [0.1, 0.15) is 11.2 Å². The molecule has 1 heterocycles. The molecule has 1 aliphatic rings. The van der Waals surface area contributed by atoms with Crippen LogP contribution in [0.4, 0.5) is 0 Å². The summed E-state index contributed by atoms with van der Waals surface area (Å²) < 4.78 is 0. The van der Waals surface area contributed by atoms with Gasteiger partial charge in [0.15, 0.2) is 0 Å². The minimum atomic E-state index is -1.14. The Bertz CT molecular complexity index is 488. The molecule has 6 heteroatoms. The van der Waals surface area contributed by atoms with Gasteiger partial charge < -0.3 is 10.4 Å². The first-order chi connectivity index (χ1) is 9.57. The van der Waals surface area contributed by atoms with Crippen LogP contribution in [0.3, 0.4) is 0 Å². The molecule has 0 unspecified atom stereocenters. The highest BCUT2D eigenvalue weighted by Gasteiger charge is 2.40. The van der Waals surface area contributed by atoms with Gasteiger partial charge >= 0.3 is 5.97 Å². The molecule has 2 rings (SSSR count). The Kier molecular flexibility index (Phi) is 4.42. The molecule has 0 saturated heterocycles. The standard InChI is InChI=1S/C14H21N3O3/c1-2-10-9-11(17-16-10)12(18)15-14(13(19)20)7-5-3-4-6-8-14/h9H,2-8H2,1H3,(H,15,18)(H,16,17)(H,19,20). The van der Waals surface area contributed by atoms with E-state index in [2.05, 4.69) is 15.5 Å². The van der Waals surface area contributed by atoms with E-state index in [1.54, 1.807) is 6.07 Å². The lowest BCUT2D eigenvalue weighted by molar-refractivity contribution is -0.145. The van der Waals surface area contributed by atoms with E-state index in [4.69, 9.17) is 0 Å². The lowest BCUT2D eigenvalue weighted by Crippen LogP contribution is -2.54. The second-order valence-electron chi connectivity index (χ2n) is 5.39. The Morgan fingerprint density at radius 3 is 2.50 bits per heavy atom. The van der Waals surface area contributed by atoms with Gasteiger partial charge in [0.2, 0.25) is 0 Å². The minimum Gasteiger partial charge on any atom is -0.480 e. The topological polar surface area (TPSA) is 95.1 Å². The van der Waals surface area contributed by atoms with Crippen molar-refractivity contribution in [2.75, 3.05) is 0 Å². The molecule has 1 aromatic heterocycles. The molecule has 1 fully saturated rings. The predicted octanol–water partition coefficient (Wildman–Crippen LogP) is 1.88. The summed E-state index contributed by atoms with van der Waals surface area (Å²) >= 11 is 0. The number of H-pyrrole nitrogens is 1. The first kappa shape index (κ1) is 14.6. The smallest absolute Gasteiger partial charge is 0.329 e. The maximum atomic E-state index is 12.2. The van der Waals surface area contributed by atoms with Crippen LogP contribution in [0.1, 0.15) is 61.6 Å². The van der Waals surface area contributed by atoms with E-state index in [0.29, 0.717) is 12.8 Å². The number of carboxylic acid groups (broad SMARTS) is 1. The molecule has 110 valence electrons. The van der Waals surface area contributed by atoms with E-state index in [1.807, 2.05) is 6.92 Å². The average molecular weight is 279 g/mol. The van der Waals surface area contributed by atoms with E-state index in [9.17, 15) is 14.7 Å². The van der Waals surface area contributed by atoms with Crippen LogP contribution in [-0.2, 0) is 11.2 Å². The Labute approximate surface area is 118 Å². The number of carboxylic acids is 1. The van der Waals surface area contributed by atoms with Crippen molar-refractivity contribution in [2.24, 2.45) is 0 Å². The van der Waals surface area contributed by atoms with E-state index >= 15 is 0 Å². The number of nitrogens with one attached hydrogen (secondary N) is 2. The fourth-order valence-corrected chi connectivity index (χ4v) is 2.66. The molecule has 0 spiro atoms. The molecule has 1 amide bonds. The zero-order valence-corrected chi connectivity index (χ0v) is 11.7. The Morgan fingerprint density at radius 1 is 1.35 bits per heavy atom. The van der Waals surface area contributed by atoms with E-state index in [0.717, 1.165) is 37.8 Å². The van der Waals surface area contributed by atoms with Gasteiger partial charge in [-0.1, -0.05) is 32.6 Å². The number of rotatable bonds is 4. The lowest BCUT2D eigenvalue weighted by atomic mass is 9.90. The Morgan fingerprint density at radius 2 is 2.00 bits per heavy atom. The van der Waals surface area contributed by atoms with Crippen molar-refractivity contribution in [1.29, 1.82) is 0 Å². The third kappa shape index (κ3) is 3.00. The number of aliphatic carboxylic acids is 1. The molecular weight excluding hydrogens is 258 g/mol. The molecule has 6 nitrogen and oxygen atoms in total. The molecule has 3 N–H and O–H groups in total. The molecule has 20 heavy (non-hydrogen) atoms. The number of carbonyl (C=O) groups excluding carboxylic acids is 1. The monoisotopic (exact) mass is 279 g/mol. The van der Waals surface area contributed by atoms with Crippen LogP contribution < -0.4 is 5.32 Å². The molecule has 1 aromatic rings. The number of hydrogen-bond acceptors (Lipinski definition) is 3. The molecule has 0 atom stereocenters. The summed E-state index contributed by atoms with van der Waals surface area (Å²) in [6.45, 7) is 1.96. The summed E-state index contributed by atoms with van der Waals surface area (Å²) in [6, 6.07) is 1.67. The number of amides is 1. The maximum Gasteiger partial charge on any atom is 0.329 e. The number of aryl methyl sites for hydroxylation is 1. The quantitative estimate of drug-likeness (QED) is 0.733. The highest BCUT2D eigenvalue weighted by molar-refractivity contribution is 5.96. The first-order valence-electron chi connectivity index (χ1n) is 7.17. The zero-order valence-electron chi connectivity index (χ0n) is 11.7. The van der Waals surface area contributed by atoms with E-state index in [-0.39, 0.29) is 5.69 Å². The second-order valence-corrected chi connectivity index (χ2v) is 5.39. The second kappa shape index (κ2) is 6.07. The molecular formula is C14H21N3O3. The van der Waals surface area contributed by atoms with Gasteiger partial charge in [-0.2, -0.15) is 5.10 Å². The van der Waals surface area contributed by atoms with Crippen LogP contribution in [0.5, 0.6) is 0 Å². The van der Waals surface area contributed by atoms with Gasteiger partial charge in [-0.15, -0.1) is 0 Å². The molecule has 1 saturated carbocycles. The van der Waals surface area contributed by atoms with Crippen LogP contribution in [-0.4, -0.2) is 32.7 Å². The molecule has 1 aliphatic carbocycles. The molecule has 0 aromatic carbocycles. The van der Waals surface area contributed by atoms with Crippen molar-refractivity contribution in [1.82, 2.24) is 15.5 Å². The number of hydrogen-bond donors (Lipinski definition) is 3. The predicted molar refractivity (Wildman–Crippen MR) is 73.5 cm³/mol. The summed E-state index contributed by atoms with van der Waals surface area (Å²) in [7, 11) is 0. The van der Waals surface area contributed by atoms with Crippen LogP contribution >= 0.6 is 0 Å². The highest BCUT2D eigenvalue weighted by atomic mass is 16.4. The molecule has 0 bridgehead atoms. The van der Waals surface area contributed by atoms with Crippen molar-refractivity contribution >= 4 is 11.9 Å². The maximum absolute atomic E-state index is 12.2. The minimum absolute atomic E-state index is 0.256. The zero-order chi connectivity index (χ0) is 14.6. The highest BCUT2D eigenvalue weighted by Crippen LogP contribution is 2.27. The summed E-state index contributed by atoms with van der Waals surface area (Å²) in [5, 5.41) is 18.9. The van der Waals surface area contributed by atoms with Gasteiger partial charge in [-0.25, -0.2) is 4.79 Å². The average Bonchev–Trinajstić information content (AvgIpc) is 2.79. The van der Waals surface area contributed by atoms with Crippen molar-refractivity contribution in [3.63, 3.8) is 0 Å². The van der Waals surface area contributed by atoms with Gasteiger partial charge in [0, 0.05) is 5.69 Å². The van der Waals surface area contributed by atoms with Crippen LogP contribution in [0, 0.1) is 0 Å². The van der Waals surface area contributed by atoms with Crippen molar-refractivity contribution in [3.05, 3.63) is 17.5 Å². The number of nitrogens with zero attached hydrogens (tertiary/aromatic N) is 1. The normalized spacial score (nSPS) is 18.2. The SMILES string of the molecule is CCc1cc(C(=O)NC2(C(=O)O)CCCCCC2)n[nH]1. The fourth-order valence-electron chi connectivity index (χ4n) is 2.66. The largest absolute Gasteiger partial charge is 0.480 e. The summed E-state index contributed by atoms with van der Waals surface area (Å²) in [5.74, 6) is -1.36. The molecule has 0 aliphatic heterocycles. The van der Waals surface area contributed by atoms with E-state index in [1.165, 1.54) is 0 Å². The number of aromatic nitrogens is 2. The third-order valence-corrected chi connectivity index (χ3v) is 3.96. The number of aromatic amines is 1. The Balaban J connectivity index is 2.14. The number of carbonyl (C=O) groups is 2. The molecule has 0 radical (unpaired) electrons. The first-order valence-corrected chi connectivity index (χ1v) is 7.17. The van der Waals surface area contributed by atoms with Crippen LogP contribution in [0.15, 0.2) is 6.07 Å².